The van der Waals surface area contributed by atoms with E-state index in [0.717, 1.165) is 32.5 Å². The van der Waals surface area contributed by atoms with Crippen LogP contribution in [0.3, 0.4) is 0 Å². The third-order valence-electron chi connectivity index (χ3n) is 4.05. The van der Waals surface area contributed by atoms with Crippen molar-refractivity contribution in [3.8, 4) is 5.75 Å². The Balaban J connectivity index is 1.75. The fraction of sp³-hybridized carbons (Fsp3) is 0.611. The summed E-state index contributed by atoms with van der Waals surface area (Å²) < 4.78 is 18.4. The quantitative estimate of drug-likeness (QED) is 0.876. The van der Waals surface area contributed by atoms with Crippen LogP contribution in [0.2, 0.25) is 0 Å². The van der Waals surface area contributed by atoms with Gasteiger partial charge in [0.1, 0.15) is 11.6 Å². The molecule has 128 valence electrons. The Hall–Kier alpha value is -1.62. The van der Waals surface area contributed by atoms with Crippen LogP contribution in [-0.2, 0) is 4.79 Å². The first-order chi connectivity index (χ1) is 10.9. The largest absolute Gasteiger partial charge is 0.481 e. The van der Waals surface area contributed by atoms with Gasteiger partial charge in [0.25, 0.3) is 5.91 Å². The summed E-state index contributed by atoms with van der Waals surface area (Å²) in [4.78, 5) is 14.7. The second-order valence-corrected chi connectivity index (χ2v) is 6.69. The molecule has 1 aromatic carbocycles. The Morgan fingerprint density at radius 1 is 1.26 bits per heavy atom. The van der Waals surface area contributed by atoms with Crippen molar-refractivity contribution < 1.29 is 13.9 Å². The Labute approximate surface area is 138 Å². The van der Waals surface area contributed by atoms with E-state index in [4.69, 9.17) is 4.74 Å². The standard InChI is InChI=1S/C18H27FN2O2/c1-13(2)12-21-10-8-16(9-11-21)20-18(22)14(3)23-17-6-4-15(19)5-7-17/h4-7,13-14,16H,8-12H2,1-3H3,(H,20,22). The van der Waals surface area contributed by atoms with E-state index in [-0.39, 0.29) is 17.8 Å². The van der Waals surface area contributed by atoms with Gasteiger partial charge in [-0.05, 0) is 49.9 Å². The van der Waals surface area contributed by atoms with Crippen LogP contribution < -0.4 is 10.1 Å². The molecular formula is C18H27FN2O2. The molecule has 2 rings (SSSR count). The lowest BCUT2D eigenvalue weighted by molar-refractivity contribution is -0.128. The number of carbonyl (C=O) groups is 1. The Kier molecular flexibility index (Phi) is 6.39. The summed E-state index contributed by atoms with van der Waals surface area (Å²) in [6.07, 6.45) is 1.36. The smallest absolute Gasteiger partial charge is 0.260 e. The molecule has 1 fully saturated rings. The van der Waals surface area contributed by atoms with Gasteiger partial charge in [0, 0.05) is 25.7 Å². The summed E-state index contributed by atoms with van der Waals surface area (Å²) in [5, 5.41) is 3.06. The van der Waals surface area contributed by atoms with Crippen LogP contribution in [0.25, 0.3) is 0 Å². The second kappa shape index (κ2) is 8.29. The number of nitrogens with zero attached hydrogens (tertiary/aromatic N) is 1. The van der Waals surface area contributed by atoms with Crippen molar-refractivity contribution in [2.24, 2.45) is 5.92 Å². The van der Waals surface area contributed by atoms with E-state index in [1.807, 2.05) is 0 Å². The van der Waals surface area contributed by atoms with Crippen molar-refractivity contribution in [1.29, 1.82) is 0 Å². The van der Waals surface area contributed by atoms with E-state index < -0.39 is 6.10 Å². The number of amides is 1. The first-order valence-corrected chi connectivity index (χ1v) is 8.39. The van der Waals surface area contributed by atoms with E-state index in [0.29, 0.717) is 11.7 Å². The van der Waals surface area contributed by atoms with Gasteiger partial charge in [0.05, 0.1) is 0 Å². The van der Waals surface area contributed by atoms with Crippen molar-refractivity contribution in [3.05, 3.63) is 30.1 Å². The number of ether oxygens (including phenoxy) is 1. The summed E-state index contributed by atoms with van der Waals surface area (Å²) in [6.45, 7) is 9.33. The minimum atomic E-state index is -0.589. The molecule has 23 heavy (non-hydrogen) atoms. The molecule has 5 heteroatoms. The first-order valence-electron chi connectivity index (χ1n) is 8.39. The van der Waals surface area contributed by atoms with E-state index in [1.54, 1.807) is 6.92 Å². The number of hydrogen-bond donors (Lipinski definition) is 1. The van der Waals surface area contributed by atoms with Gasteiger partial charge in [-0.15, -0.1) is 0 Å². The summed E-state index contributed by atoms with van der Waals surface area (Å²) in [7, 11) is 0. The molecule has 0 bridgehead atoms. The summed E-state index contributed by atoms with van der Waals surface area (Å²) in [5.41, 5.74) is 0. The first kappa shape index (κ1) is 17.7. The number of hydrogen-bond acceptors (Lipinski definition) is 3. The molecule has 0 radical (unpaired) electrons. The molecule has 1 aromatic rings. The van der Waals surface area contributed by atoms with Crippen LogP contribution >= 0.6 is 0 Å². The highest BCUT2D eigenvalue weighted by Crippen LogP contribution is 2.15. The molecule has 1 aliphatic heterocycles. The van der Waals surface area contributed by atoms with Gasteiger partial charge in [0.2, 0.25) is 0 Å². The normalized spacial score (nSPS) is 18.0. The lowest BCUT2D eigenvalue weighted by atomic mass is 10.0. The Morgan fingerprint density at radius 3 is 2.43 bits per heavy atom. The Morgan fingerprint density at radius 2 is 1.87 bits per heavy atom. The zero-order valence-corrected chi connectivity index (χ0v) is 14.2. The number of benzene rings is 1. The van der Waals surface area contributed by atoms with Crippen molar-refractivity contribution in [1.82, 2.24) is 10.2 Å². The zero-order valence-electron chi connectivity index (χ0n) is 14.2. The number of rotatable bonds is 6. The fourth-order valence-corrected chi connectivity index (χ4v) is 2.87. The van der Waals surface area contributed by atoms with Crippen molar-refractivity contribution in [2.45, 2.75) is 45.8 Å². The molecule has 0 aromatic heterocycles. The summed E-state index contributed by atoms with van der Waals surface area (Å²) in [5.74, 6) is 0.741. The molecule has 1 heterocycles. The van der Waals surface area contributed by atoms with Crippen LogP contribution in [0.1, 0.15) is 33.6 Å². The number of likely N-dealkylation sites (tertiary alicyclic amines) is 1. The van der Waals surface area contributed by atoms with E-state index in [9.17, 15) is 9.18 Å². The molecule has 0 aliphatic carbocycles. The average molecular weight is 322 g/mol. The molecule has 1 aliphatic rings. The minimum Gasteiger partial charge on any atom is -0.481 e. The molecule has 1 atom stereocenters. The Bertz CT molecular complexity index is 496. The predicted octanol–water partition coefficient (Wildman–Crippen LogP) is 2.83. The van der Waals surface area contributed by atoms with Crippen molar-refractivity contribution in [2.75, 3.05) is 19.6 Å². The van der Waals surface area contributed by atoms with Gasteiger partial charge in [-0.3, -0.25) is 4.79 Å². The lowest BCUT2D eigenvalue weighted by Crippen LogP contribution is -2.48. The maximum Gasteiger partial charge on any atom is 0.260 e. The van der Waals surface area contributed by atoms with Crippen molar-refractivity contribution >= 4 is 5.91 Å². The molecule has 4 nitrogen and oxygen atoms in total. The van der Waals surface area contributed by atoms with Crippen LogP contribution in [0, 0.1) is 11.7 Å². The molecule has 0 saturated carbocycles. The number of halogens is 1. The third-order valence-corrected chi connectivity index (χ3v) is 4.05. The molecule has 1 N–H and O–H groups in total. The molecule has 1 amide bonds. The predicted molar refractivity (Wildman–Crippen MR) is 88.9 cm³/mol. The maximum absolute atomic E-state index is 12.9. The average Bonchev–Trinajstić information content (AvgIpc) is 2.51. The van der Waals surface area contributed by atoms with E-state index >= 15 is 0 Å². The highest BCUT2D eigenvalue weighted by atomic mass is 19.1. The summed E-state index contributed by atoms with van der Waals surface area (Å²) in [6, 6.07) is 5.92. The topological polar surface area (TPSA) is 41.6 Å². The number of nitrogens with one attached hydrogen (secondary N) is 1. The van der Waals surface area contributed by atoms with Gasteiger partial charge in [-0.2, -0.15) is 0 Å². The lowest BCUT2D eigenvalue weighted by Gasteiger charge is -2.33. The van der Waals surface area contributed by atoms with Gasteiger partial charge >= 0.3 is 0 Å². The zero-order chi connectivity index (χ0) is 16.8. The van der Waals surface area contributed by atoms with Crippen LogP contribution in [-0.4, -0.2) is 42.6 Å². The third kappa shape index (κ3) is 5.82. The number of carbonyl (C=O) groups excluding carboxylic acids is 1. The van der Waals surface area contributed by atoms with E-state index in [2.05, 4.69) is 24.1 Å². The van der Waals surface area contributed by atoms with Crippen LogP contribution in [0.4, 0.5) is 4.39 Å². The summed E-state index contributed by atoms with van der Waals surface area (Å²) >= 11 is 0. The van der Waals surface area contributed by atoms with Crippen molar-refractivity contribution in [3.63, 3.8) is 0 Å². The second-order valence-electron chi connectivity index (χ2n) is 6.69. The molecule has 1 unspecified atom stereocenters. The van der Waals surface area contributed by atoms with Gasteiger partial charge in [-0.1, -0.05) is 13.8 Å². The monoisotopic (exact) mass is 322 g/mol. The van der Waals surface area contributed by atoms with Crippen LogP contribution in [0.5, 0.6) is 5.75 Å². The minimum absolute atomic E-state index is 0.114. The highest BCUT2D eigenvalue weighted by molar-refractivity contribution is 5.81. The van der Waals surface area contributed by atoms with Gasteiger partial charge < -0.3 is 15.0 Å². The SMILES string of the molecule is CC(C)CN1CCC(NC(=O)C(C)Oc2ccc(F)cc2)CC1. The van der Waals surface area contributed by atoms with Crippen LogP contribution in [0.15, 0.2) is 24.3 Å². The van der Waals surface area contributed by atoms with E-state index in [1.165, 1.54) is 24.3 Å². The van der Waals surface area contributed by atoms with Gasteiger partial charge in [-0.25, -0.2) is 4.39 Å². The highest BCUT2D eigenvalue weighted by Gasteiger charge is 2.23. The number of piperidine rings is 1. The fourth-order valence-electron chi connectivity index (χ4n) is 2.87. The van der Waals surface area contributed by atoms with Gasteiger partial charge in [0.15, 0.2) is 6.10 Å². The molecular weight excluding hydrogens is 295 g/mol. The molecule has 0 spiro atoms. The molecule has 1 saturated heterocycles. The maximum atomic E-state index is 12.9.